The summed E-state index contributed by atoms with van der Waals surface area (Å²) in [6.07, 6.45) is 3.00. The second kappa shape index (κ2) is 10.5. The predicted octanol–water partition coefficient (Wildman–Crippen LogP) is 2.67. The maximum absolute atomic E-state index is 10.0. The summed E-state index contributed by atoms with van der Waals surface area (Å²) in [6.45, 7) is 5.86. The summed E-state index contributed by atoms with van der Waals surface area (Å²) in [5.41, 5.74) is 0.754. The average Bonchev–Trinajstić information content (AvgIpc) is 3.05. The first-order valence-corrected chi connectivity index (χ1v) is 9.32. The van der Waals surface area contributed by atoms with Gasteiger partial charge in [-0.25, -0.2) is 4.98 Å². The van der Waals surface area contributed by atoms with Gasteiger partial charge in [0.25, 0.3) is 0 Å². The second-order valence-corrected chi connectivity index (χ2v) is 8.15. The van der Waals surface area contributed by atoms with Crippen molar-refractivity contribution in [3.05, 3.63) is 40.1 Å². The molecule has 1 aliphatic carbocycles. The summed E-state index contributed by atoms with van der Waals surface area (Å²) in [6, 6.07) is 3.69. The lowest BCUT2D eigenvalue weighted by molar-refractivity contribution is 0.0438. The highest BCUT2D eigenvalue weighted by Gasteiger charge is 2.44. The fraction of sp³-hybridized carbons (Fsp3) is 0.556. The molecule has 0 bridgehead atoms. The van der Waals surface area contributed by atoms with E-state index >= 15 is 0 Å². The van der Waals surface area contributed by atoms with Crippen LogP contribution in [-0.4, -0.2) is 45.5 Å². The van der Waals surface area contributed by atoms with Gasteiger partial charge >= 0.3 is 0 Å². The third kappa shape index (κ3) is 6.27. The molecule has 2 aromatic heterocycles. The first-order chi connectivity index (χ1) is 12.0. The van der Waals surface area contributed by atoms with Crippen molar-refractivity contribution in [3.8, 4) is 5.75 Å². The van der Waals surface area contributed by atoms with Gasteiger partial charge in [0.05, 0.1) is 35.7 Å². The van der Waals surface area contributed by atoms with E-state index in [-0.39, 0.29) is 30.2 Å². The average molecular weight is 436 g/mol. The van der Waals surface area contributed by atoms with Crippen LogP contribution in [0.2, 0.25) is 0 Å². The maximum atomic E-state index is 10.0. The third-order valence-corrected chi connectivity index (χ3v) is 5.77. The molecule has 2 aromatic rings. The summed E-state index contributed by atoms with van der Waals surface area (Å²) < 4.78 is 5.89. The molecule has 27 heavy (non-hydrogen) atoms. The van der Waals surface area contributed by atoms with E-state index in [9.17, 15) is 10.2 Å². The SMILES string of the molecule is Cc1nc(C)c(CNCC2(COc3cccnc3)C[C@@H](O)[C@@H](O)C2)s1.Cl.Cl. The largest absolute Gasteiger partial charge is 0.491 e. The minimum absolute atomic E-state index is 0. The van der Waals surface area contributed by atoms with Gasteiger partial charge in [-0.3, -0.25) is 4.98 Å². The van der Waals surface area contributed by atoms with E-state index in [0.717, 1.165) is 17.2 Å². The Balaban J connectivity index is 0.00000182. The van der Waals surface area contributed by atoms with Crippen molar-refractivity contribution in [2.45, 2.75) is 45.4 Å². The van der Waals surface area contributed by atoms with Crippen LogP contribution in [0.25, 0.3) is 0 Å². The Bertz CT molecular complexity index is 692. The molecule has 0 aromatic carbocycles. The second-order valence-electron chi connectivity index (χ2n) is 6.87. The summed E-state index contributed by atoms with van der Waals surface area (Å²) >= 11 is 1.70. The molecule has 152 valence electrons. The first-order valence-electron chi connectivity index (χ1n) is 8.50. The van der Waals surface area contributed by atoms with Crippen LogP contribution in [0.1, 0.15) is 28.4 Å². The molecule has 0 amide bonds. The van der Waals surface area contributed by atoms with Gasteiger partial charge in [-0.2, -0.15) is 0 Å². The summed E-state index contributed by atoms with van der Waals surface area (Å²) in [4.78, 5) is 9.72. The lowest BCUT2D eigenvalue weighted by Crippen LogP contribution is -2.37. The van der Waals surface area contributed by atoms with E-state index in [2.05, 4.69) is 15.3 Å². The number of thiazole rings is 1. The molecule has 3 atom stereocenters. The van der Waals surface area contributed by atoms with E-state index < -0.39 is 12.2 Å². The van der Waals surface area contributed by atoms with Gasteiger partial charge in [-0.1, -0.05) is 0 Å². The topological polar surface area (TPSA) is 87.5 Å². The van der Waals surface area contributed by atoms with Crippen molar-refractivity contribution in [1.29, 1.82) is 0 Å². The van der Waals surface area contributed by atoms with Gasteiger partial charge in [-0.15, -0.1) is 36.2 Å². The van der Waals surface area contributed by atoms with Gasteiger partial charge in [0, 0.05) is 29.6 Å². The van der Waals surface area contributed by atoms with E-state index in [1.807, 2.05) is 26.0 Å². The number of halogens is 2. The minimum atomic E-state index is -0.702. The van der Waals surface area contributed by atoms with Crippen molar-refractivity contribution in [2.75, 3.05) is 13.2 Å². The number of hydrogen-bond acceptors (Lipinski definition) is 7. The number of aromatic nitrogens is 2. The molecule has 3 N–H and O–H groups in total. The third-order valence-electron chi connectivity index (χ3n) is 4.69. The highest BCUT2D eigenvalue weighted by atomic mass is 35.5. The number of rotatable bonds is 7. The zero-order valence-electron chi connectivity index (χ0n) is 15.4. The van der Waals surface area contributed by atoms with Gasteiger partial charge in [0.15, 0.2) is 0 Å². The lowest BCUT2D eigenvalue weighted by Gasteiger charge is -2.29. The number of nitrogens with one attached hydrogen (secondary N) is 1. The molecule has 6 nitrogen and oxygen atoms in total. The molecule has 1 saturated carbocycles. The maximum Gasteiger partial charge on any atom is 0.137 e. The number of hydrogen-bond donors (Lipinski definition) is 3. The Labute approximate surface area is 176 Å². The number of aliphatic hydroxyl groups excluding tert-OH is 2. The molecule has 0 spiro atoms. The minimum Gasteiger partial charge on any atom is -0.491 e. The van der Waals surface area contributed by atoms with Crippen molar-refractivity contribution in [2.24, 2.45) is 5.41 Å². The number of aryl methyl sites for hydroxylation is 2. The standard InChI is InChI=1S/C18H25N3O3S.2ClH/c1-12-17(25-13(2)21-12)9-20-10-18(6-15(22)16(23)7-18)11-24-14-4-3-5-19-8-14;;/h3-5,8,15-16,20,22-23H,6-7,9-11H2,1-2H3;2*1H/t15-,16+,18?;;. The molecule has 1 unspecified atom stereocenters. The Morgan fingerprint density at radius 3 is 2.52 bits per heavy atom. The molecule has 0 saturated heterocycles. The monoisotopic (exact) mass is 435 g/mol. The highest BCUT2D eigenvalue weighted by Crippen LogP contribution is 2.38. The van der Waals surface area contributed by atoms with Crippen molar-refractivity contribution in [3.63, 3.8) is 0 Å². The van der Waals surface area contributed by atoms with Crippen molar-refractivity contribution >= 4 is 36.2 Å². The fourth-order valence-electron chi connectivity index (χ4n) is 3.40. The molecule has 0 aliphatic heterocycles. The summed E-state index contributed by atoms with van der Waals surface area (Å²) in [7, 11) is 0. The lowest BCUT2D eigenvalue weighted by atomic mass is 9.86. The van der Waals surface area contributed by atoms with Gasteiger partial charge in [0.2, 0.25) is 0 Å². The Kier molecular flexibility index (Phi) is 9.41. The van der Waals surface area contributed by atoms with Crippen LogP contribution in [0.5, 0.6) is 5.75 Å². The van der Waals surface area contributed by atoms with E-state index in [0.29, 0.717) is 31.7 Å². The smallest absolute Gasteiger partial charge is 0.137 e. The van der Waals surface area contributed by atoms with Crippen LogP contribution >= 0.6 is 36.2 Å². The number of pyridine rings is 1. The van der Waals surface area contributed by atoms with Crippen LogP contribution in [0.15, 0.2) is 24.5 Å². The number of ether oxygens (including phenoxy) is 1. The quantitative estimate of drug-likeness (QED) is 0.619. The van der Waals surface area contributed by atoms with Gasteiger partial charge in [0.1, 0.15) is 5.75 Å². The molecule has 0 radical (unpaired) electrons. The van der Waals surface area contributed by atoms with Gasteiger partial charge < -0.3 is 20.3 Å². The van der Waals surface area contributed by atoms with E-state index in [1.165, 1.54) is 4.88 Å². The van der Waals surface area contributed by atoms with Crippen LogP contribution in [0.4, 0.5) is 0 Å². The molecule has 3 rings (SSSR count). The van der Waals surface area contributed by atoms with E-state index in [4.69, 9.17) is 4.74 Å². The predicted molar refractivity (Wildman–Crippen MR) is 111 cm³/mol. The van der Waals surface area contributed by atoms with Crippen LogP contribution in [0.3, 0.4) is 0 Å². The van der Waals surface area contributed by atoms with Gasteiger partial charge in [-0.05, 0) is 38.8 Å². The summed E-state index contributed by atoms with van der Waals surface area (Å²) in [5.74, 6) is 0.701. The Morgan fingerprint density at radius 2 is 1.96 bits per heavy atom. The molecular weight excluding hydrogens is 409 g/mol. The summed E-state index contributed by atoms with van der Waals surface area (Å²) in [5, 5.41) is 24.6. The highest BCUT2D eigenvalue weighted by molar-refractivity contribution is 7.11. The normalized spacial score (nSPS) is 24.1. The molecule has 1 aliphatic rings. The molecule has 2 heterocycles. The van der Waals surface area contributed by atoms with Crippen molar-refractivity contribution < 1.29 is 14.9 Å². The van der Waals surface area contributed by atoms with Crippen LogP contribution < -0.4 is 10.1 Å². The fourth-order valence-corrected chi connectivity index (χ4v) is 4.31. The molecular formula is C18H27Cl2N3O3S. The molecule has 1 fully saturated rings. The Hall–Kier alpha value is -0.960. The van der Waals surface area contributed by atoms with Crippen LogP contribution in [0, 0.1) is 19.3 Å². The van der Waals surface area contributed by atoms with Crippen molar-refractivity contribution in [1.82, 2.24) is 15.3 Å². The zero-order chi connectivity index (χ0) is 17.9. The van der Waals surface area contributed by atoms with Crippen LogP contribution in [-0.2, 0) is 6.54 Å². The number of aliphatic hydroxyl groups is 2. The van der Waals surface area contributed by atoms with E-state index in [1.54, 1.807) is 23.7 Å². The Morgan fingerprint density at radius 1 is 1.26 bits per heavy atom. The first kappa shape index (κ1) is 24.1. The number of nitrogens with zero attached hydrogens (tertiary/aromatic N) is 2. The molecule has 9 heteroatoms. The zero-order valence-corrected chi connectivity index (χ0v) is 17.9.